The van der Waals surface area contributed by atoms with Crippen LogP contribution < -0.4 is 0 Å². The van der Waals surface area contributed by atoms with Crippen LogP contribution in [0.1, 0.15) is 12.0 Å². The number of methoxy groups -OCH3 is 1. The maximum atomic E-state index is 13.0. The van der Waals surface area contributed by atoms with Crippen LogP contribution in [0.25, 0.3) is 5.65 Å². The van der Waals surface area contributed by atoms with Crippen LogP contribution in [0.5, 0.6) is 0 Å². The zero-order valence-corrected chi connectivity index (χ0v) is 17.3. The summed E-state index contributed by atoms with van der Waals surface area (Å²) < 4.78 is 44.8. The summed E-state index contributed by atoms with van der Waals surface area (Å²) in [6, 6.07) is 0.811. The van der Waals surface area contributed by atoms with Gasteiger partial charge in [0.05, 0.1) is 34.6 Å². The molecule has 0 saturated carbocycles. The molecule has 0 aromatic carbocycles. The third kappa shape index (κ3) is 4.98. The molecule has 13 heteroatoms. The normalized spacial score (nSPS) is 16.2. The van der Waals surface area contributed by atoms with Gasteiger partial charge in [-0.1, -0.05) is 35.1 Å². The van der Waals surface area contributed by atoms with Crippen LogP contribution in [-0.4, -0.2) is 56.5 Å². The Balaban J connectivity index is 1.65. The van der Waals surface area contributed by atoms with Crippen molar-refractivity contribution in [3.63, 3.8) is 0 Å². The number of thioether (sulfide) groups is 2. The van der Waals surface area contributed by atoms with E-state index in [2.05, 4.69) is 14.9 Å². The molecule has 2 aromatic rings. The standard InChI is InChI=1S/C16H14ClF3N4O3S2/c1-27-13(26)6-12-23(11(25)8-29-12)3-2-4-28-15-22-21-14-10(17)5-9(7-24(14)15)16(18,19)20/h5-7H,2-4,8H2,1H3/b12-6+. The summed E-state index contributed by atoms with van der Waals surface area (Å²) >= 11 is 8.34. The average molecular weight is 467 g/mol. The fourth-order valence-electron chi connectivity index (χ4n) is 2.50. The first-order chi connectivity index (χ1) is 13.7. The molecule has 0 radical (unpaired) electrons. The van der Waals surface area contributed by atoms with Crippen molar-refractivity contribution in [3.05, 3.63) is 34.0 Å². The van der Waals surface area contributed by atoms with Crippen LogP contribution in [-0.2, 0) is 20.5 Å². The van der Waals surface area contributed by atoms with E-state index in [4.69, 9.17) is 11.6 Å². The maximum absolute atomic E-state index is 13.0. The van der Waals surface area contributed by atoms with E-state index in [0.717, 1.165) is 12.3 Å². The molecule has 1 aliphatic rings. The lowest BCUT2D eigenvalue weighted by Gasteiger charge is -2.16. The number of carbonyl (C=O) groups excluding carboxylic acids is 2. The minimum absolute atomic E-state index is 0.121. The second-order valence-corrected chi connectivity index (χ2v) is 8.26. The number of hydrogen-bond donors (Lipinski definition) is 0. The lowest BCUT2D eigenvalue weighted by atomic mass is 10.3. The van der Waals surface area contributed by atoms with Gasteiger partial charge < -0.3 is 9.64 Å². The molecule has 156 valence electrons. The van der Waals surface area contributed by atoms with Crippen molar-refractivity contribution in [2.75, 3.05) is 25.2 Å². The van der Waals surface area contributed by atoms with Gasteiger partial charge in [-0.05, 0) is 12.5 Å². The molecule has 0 bridgehead atoms. The smallest absolute Gasteiger partial charge is 0.417 e. The number of ether oxygens (including phenoxy) is 1. The number of amides is 1. The number of pyridine rings is 1. The van der Waals surface area contributed by atoms with Crippen LogP contribution in [0, 0.1) is 0 Å². The first-order valence-electron chi connectivity index (χ1n) is 8.18. The summed E-state index contributed by atoms with van der Waals surface area (Å²) in [7, 11) is 1.25. The van der Waals surface area contributed by atoms with E-state index in [0.29, 0.717) is 23.7 Å². The summed E-state index contributed by atoms with van der Waals surface area (Å²) in [4.78, 5) is 24.9. The van der Waals surface area contributed by atoms with Gasteiger partial charge in [0.15, 0.2) is 10.8 Å². The monoisotopic (exact) mass is 466 g/mol. The molecule has 1 aliphatic heterocycles. The van der Waals surface area contributed by atoms with Crippen molar-refractivity contribution in [1.29, 1.82) is 0 Å². The van der Waals surface area contributed by atoms with E-state index in [-0.39, 0.29) is 27.5 Å². The van der Waals surface area contributed by atoms with E-state index in [9.17, 15) is 22.8 Å². The molecule has 1 saturated heterocycles. The lowest BCUT2D eigenvalue weighted by molar-refractivity contribution is -0.138. The number of alkyl halides is 3. The van der Waals surface area contributed by atoms with Crippen LogP contribution in [0.2, 0.25) is 5.02 Å². The van der Waals surface area contributed by atoms with Gasteiger partial charge in [-0.25, -0.2) is 4.79 Å². The Bertz CT molecular complexity index is 980. The van der Waals surface area contributed by atoms with E-state index < -0.39 is 17.7 Å². The first kappa shape index (κ1) is 21.8. The summed E-state index contributed by atoms with van der Waals surface area (Å²) in [5, 5.41) is 8.36. The van der Waals surface area contributed by atoms with Gasteiger partial charge in [0, 0.05) is 18.5 Å². The summed E-state index contributed by atoms with van der Waals surface area (Å²) in [5.41, 5.74) is -0.759. The SMILES string of the molecule is COC(=O)/C=C1/SCC(=O)N1CCCSc1nnc2c(Cl)cc(C(F)(F)F)cn12. The molecule has 0 N–H and O–H groups in total. The van der Waals surface area contributed by atoms with Crippen molar-refractivity contribution in [2.45, 2.75) is 17.8 Å². The average Bonchev–Trinajstić information content (AvgIpc) is 3.22. The predicted molar refractivity (Wildman–Crippen MR) is 103 cm³/mol. The molecule has 1 amide bonds. The number of rotatable bonds is 6. The Morgan fingerprint density at radius 3 is 2.90 bits per heavy atom. The van der Waals surface area contributed by atoms with Gasteiger partial charge in [-0.15, -0.1) is 10.2 Å². The van der Waals surface area contributed by atoms with Crippen molar-refractivity contribution in [2.24, 2.45) is 0 Å². The molecule has 3 heterocycles. The highest BCUT2D eigenvalue weighted by molar-refractivity contribution is 8.04. The Kier molecular flexibility index (Phi) is 6.64. The molecule has 2 aromatic heterocycles. The van der Waals surface area contributed by atoms with E-state index >= 15 is 0 Å². The number of aromatic nitrogens is 3. The molecule has 29 heavy (non-hydrogen) atoms. The van der Waals surface area contributed by atoms with Gasteiger partial charge in [0.25, 0.3) is 0 Å². The Hall–Kier alpha value is -1.92. The molecular weight excluding hydrogens is 453 g/mol. The van der Waals surface area contributed by atoms with Crippen molar-refractivity contribution in [1.82, 2.24) is 19.5 Å². The summed E-state index contributed by atoms with van der Waals surface area (Å²) in [6.07, 6.45) is -1.85. The Morgan fingerprint density at radius 1 is 1.45 bits per heavy atom. The van der Waals surface area contributed by atoms with Crippen LogP contribution >= 0.6 is 35.1 Å². The third-order valence-corrected chi connectivity index (χ3v) is 6.20. The molecule has 0 spiro atoms. The van der Waals surface area contributed by atoms with Gasteiger partial charge in [0.1, 0.15) is 0 Å². The molecule has 3 rings (SSSR count). The summed E-state index contributed by atoms with van der Waals surface area (Å²) in [6.45, 7) is 0.354. The largest absolute Gasteiger partial charge is 0.466 e. The van der Waals surface area contributed by atoms with E-state index in [1.54, 1.807) is 0 Å². The predicted octanol–water partition coefficient (Wildman–Crippen LogP) is 3.47. The lowest BCUT2D eigenvalue weighted by Crippen LogP contribution is -2.26. The van der Waals surface area contributed by atoms with Crippen LogP contribution in [0.3, 0.4) is 0 Å². The molecule has 0 atom stereocenters. The minimum Gasteiger partial charge on any atom is -0.466 e. The van der Waals surface area contributed by atoms with Gasteiger partial charge >= 0.3 is 12.1 Å². The Morgan fingerprint density at radius 2 is 2.21 bits per heavy atom. The van der Waals surface area contributed by atoms with Crippen LogP contribution in [0.15, 0.2) is 28.5 Å². The second-order valence-electron chi connectivity index (χ2n) is 5.79. The van der Waals surface area contributed by atoms with E-state index in [1.807, 2.05) is 0 Å². The van der Waals surface area contributed by atoms with Crippen molar-refractivity contribution >= 4 is 52.6 Å². The molecule has 0 unspecified atom stereocenters. The highest BCUT2D eigenvalue weighted by atomic mass is 35.5. The zero-order valence-electron chi connectivity index (χ0n) is 14.9. The number of esters is 1. The highest BCUT2D eigenvalue weighted by Gasteiger charge is 2.32. The maximum Gasteiger partial charge on any atom is 0.417 e. The molecule has 1 fully saturated rings. The first-order valence-corrected chi connectivity index (χ1v) is 10.5. The van der Waals surface area contributed by atoms with Crippen LogP contribution in [0.4, 0.5) is 13.2 Å². The Labute approximate surface area is 176 Å². The summed E-state index contributed by atoms with van der Waals surface area (Å²) in [5.74, 6) is 0.0384. The molecule has 0 aliphatic carbocycles. The fourth-order valence-corrected chi connectivity index (χ4v) is 4.54. The van der Waals surface area contributed by atoms with Crippen molar-refractivity contribution < 1.29 is 27.5 Å². The second kappa shape index (κ2) is 8.84. The number of halogens is 4. The highest BCUT2D eigenvalue weighted by Crippen LogP contribution is 2.33. The van der Waals surface area contributed by atoms with E-state index in [1.165, 1.54) is 46.0 Å². The quantitative estimate of drug-likeness (QED) is 0.279. The zero-order chi connectivity index (χ0) is 21.2. The minimum atomic E-state index is -4.54. The molecule has 7 nitrogen and oxygen atoms in total. The third-order valence-electron chi connectivity index (χ3n) is 3.87. The number of carbonyl (C=O) groups is 2. The molecular formula is C16H14ClF3N4O3S2. The number of fused-ring (bicyclic) bond motifs is 1. The fraction of sp³-hybridized carbons (Fsp3) is 0.375. The number of nitrogens with zero attached hydrogens (tertiary/aromatic N) is 4. The van der Waals surface area contributed by atoms with Gasteiger partial charge in [-0.3, -0.25) is 9.20 Å². The topological polar surface area (TPSA) is 76.8 Å². The van der Waals surface area contributed by atoms with Gasteiger partial charge in [0.2, 0.25) is 5.91 Å². The number of hydrogen-bond acceptors (Lipinski definition) is 7. The van der Waals surface area contributed by atoms with Gasteiger partial charge in [-0.2, -0.15) is 13.2 Å². The van der Waals surface area contributed by atoms with Crippen molar-refractivity contribution in [3.8, 4) is 0 Å².